The van der Waals surface area contributed by atoms with Gasteiger partial charge in [-0.05, 0) is 81.8 Å². The van der Waals surface area contributed by atoms with E-state index >= 15 is 0 Å². The van der Waals surface area contributed by atoms with Crippen molar-refractivity contribution in [1.82, 2.24) is 14.1 Å². The monoisotopic (exact) mass is 786 g/mol. The minimum absolute atomic E-state index is 0.0873. The molecule has 0 aliphatic rings. The number of ether oxygens (including phenoxy) is 1. The van der Waals surface area contributed by atoms with Crippen LogP contribution in [0.1, 0.15) is 40.0 Å². The Morgan fingerprint density at radius 2 is 1.32 bits per heavy atom. The lowest BCUT2D eigenvalue weighted by Gasteiger charge is -2.20. The normalized spacial score (nSPS) is 14.2. The van der Waals surface area contributed by atoms with Crippen molar-refractivity contribution in [2.45, 2.75) is 26.2 Å². The summed E-state index contributed by atoms with van der Waals surface area (Å²) in [6.07, 6.45) is 6.87. The van der Waals surface area contributed by atoms with Crippen LogP contribution in [-0.4, -0.2) is 14.1 Å². The van der Waals surface area contributed by atoms with Gasteiger partial charge in [0.15, 0.2) is 0 Å². The van der Waals surface area contributed by atoms with Crippen molar-refractivity contribution in [3.63, 3.8) is 0 Å². The van der Waals surface area contributed by atoms with Gasteiger partial charge in [-0.2, -0.15) is 0 Å². The number of imidazole rings is 1. The molecule has 0 radical (unpaired) electrons. The van der Waals surface area contributed by atoms with Crippen LogP contribution in [0.15, 0.2) is 193 Å². The van der Waals surface area contributed by atoms with Gasteiger partial charge in [-0.25, -0.2) is 4.98 Å². The molecule has 60 heavy (non-hydrogen) atoms. The Balaban J connectivity index is 1.09. The molecule has 0 fully saturated rings. The molecule has 0 bridgehead atoms. The minimum atomic E-state index is -0.573. The predicted octanol–water partition coefficient (Wildman–Crippen LogP) is 13.4. The summed E-state index contributed by atoms with van der Waals surface area (Å²) in [6, 6.07) is 30.7. The maximum Gasteiger partial charge on any atom is 0.270 e. The fourth-order valence-electron chi connectivity index (χ4n) is 8.00. The molecule has 7 aromatic carbocycles. The van der Waals surface area contributed by atoms with Crippen molar-refractivity contribution in [2.24, 2.45) is 0 Å². The van der Waals surface area contributed by atoms with Gasteiger partial charge in [-0.3, -0.25) is 13.7 Å². The fourth-order valence-corrected chi connectivity index (χ4v) is 8.00. The van der Waals surface area contributed by atoms with Crippen molar-refractivity contribution >= 4 is 43.8 Å². The molecule has 4 aromatic heterocycles. The Hall–Kier alpha value is -7.70. The highest BCUT2D eigenvalue weighted by Gasteiger charge is 2.22. The summed E-state index contributed by atoms with van der Waals surface area (Å²) < 4.78 is 105. The Labute approximate surface area is 361 Å². The standard InChI is InChI=1S/C54H40N4O2/c1-54(2,3)38-29-30-55-52(31-38)58-46-22-11-10-19-43(46)44-27-25-40(33-49(44)58)60-39-26-28-51-45(32-39)50(34-59-51)56-35-57(48-24-13-12-23-47(48)56)53-41(36-15-6-4-7-16-36)20-14-21-42(53)37-17-8-5-9-18-37/h4-34H,1-3H3/i4D,5D,6D,7D,8D,9D,15D,16D,17D,18D. The smallest absolute Gasteiger partial charge is 0.270 e. The van der Waals surface area contributed by atoms with Gasteiger partial charge in [0.2, 0.25) is 0 Å². The molecule has 0 aliphatic heterocycles. The minimum Gasteiger partial charge on any atom is -0.468 e. The lowest BCUT2D eigenvalue weighted by molar-refractivity contribution is -0.571. The Morgan fingerprint density at radius 3 is 2.07 bits per heavy atom. The number of hydrogen-bond donors (Lipinski definition) is 0. The maximum absolute atomic E-state index is 9.02. The van der Waals surface area contributed by atoms with Gasteiger partial charge in [0.25, 0.3) is 6.33 Å². The van der Waals surface area contributed by atoms with E-state index in [1.54, 1.807) is 39.7 Å². The van der Waals surface area contributed by atoms with Gasteiger partial charge in [0, 0.05) is 28.4 Å². The van der Waals surface area contributed by atoms with Gasteiger partial charge in [-0.1, -0.05) is 142 Å². The first kappa shape index (κ1) is 26.3. The van der Waals surface area contributed by atoms with Crippen LogP contribution in [0.5, 0.6) is 11.5 Å². The highest BCUT2D eigenvalue weighted by molar-refractivity contribution is 6.09. The molecule has 0 aliphatic carbocycles. The molecule has 0 N–H and O–H groups in total. The SMILES string of the molecule is [2H]c1c([2H])c([2H])c(-c2cccc(-c3c([2H])c([2H])c([2H])c([2H])c3[2H])c2-[n+]2[c-]n(-c3coc4ccc(Oc5ccc6c7ccccc7n(-c7cc(C(C)(C)C)ccn7)c6c5)cc34)c3ccccc32)c([2H])c1[2H]. The van der Waals surface area contributed by atoms with E-state index in [1.165, 1.54) is 0 Å². The second-order valence-corrected chi connectivity index (χ2v) is 15.5. The van der Waals surface area contributed by atoms with Crippen LogP contribution < -0.4 is 9.30 Å². The largest absolute Gasteiger partial charge is 0.468 e. The van der Waals surface area contributed by atoms with E-state index < -0.39 is 60.4 Å². The molecule has 6 heteroatoms. The molecule has 288 valence electrons. The molecule has 0 saturated heterocycles. The van der Waals surface area contributed by atoms with E-state index in [-0.39, 0.29) is 33.4 Å². The zero-order chi connectivity index (χ0) is 49.1. The van der Waals surface area contributed by atoms with E-state index in [0.29, 0.717) is 39.2 Å². The molecule has 4 heterocycles. The number of fused-ring (bicyclic) bond motifs is 5. The molecular weight excluding hydrogens is 737 g/mol. The molecule has 6 nitrogen and oxygen atoms in total. The first-order valence-electron chi connectivity index (χ1n) is 24.5. The second kappa shape index (κ2) is 14.0. The Kier molecular flexibility index (Phi) is 6.14. The van der Waals surface area contributed by atoms with Crippen molar-refractivity contribution < 1.29 is 27.4 Å². The molecule has 0 saturated carbocycles. The molecule has 11 rings (SSSR count). The fraction of sp³-hybridized carbons (Fsp3) is 0.0741. The van der Waals surface area contributed by atoms with Crippen molar-refractivity contribution in [3.05, 3.63) is 200 Å². The highest BCUT2D eigenvalue weighted by atomic mass is 16.5. The van der Waals surface area contributed by atoms with Crippen LogP contribution in [0.3, 0.4) is 0 Å². The number of nitrogens with zero attached hydrogens (tertiary/aromatic N) is 4. The van der Waals surface area contributed by atoms with Crippen LogP contribution in [0.2, 0.25) is 0 Å². The van der Waals surface area contributed by atoms with Crippen LogP contribution in [0.4, 0.5) is 0 Å². The summed E-state index contributed by atoms with van der Waals surface area (Å²) in [7, 11) is 0. The summed E-state index contributed by atoms with van der Waals surface area (Å²) in [5.41, 5.74) is 5.42. The van der Waals surface area contributed by atoms with E-state index in [2.05, 4.69) is 55.9 Å². The van der Waals surface area contributed by atoms with Crippen molar-refractivity contribution in [1.29, 1.82) is 0 Å². The third-order valence-corrected chi connectivity index (χ3v) is 10.8. The van der Waals surface area contributed by atoms with Crippen molar-refractivity contribution in [3.8, 4) is 50.9 Å². The predicted molar refractivity (Wildman–Crippen MR) is 242 cm³/mol. The third kappa shape index (κ3) is 5.95. The third-order valence-electron chi connectivity index (χ3n) is 10.8. The Bertz CT molecular complexity index is 3850. The number of furan rings is 1. The molecule has 0 atom stereocenters. The number of rotatable bonds is 7. The molecular formula is C54H40N4O2. The topological polar surface area (TPSA) is 49.0 Å². The van der Waals surface area contributed by atoms with Crippen LogP contribution in [0, 0.1) is 6.33 Å². The van der Waals surface area contributed by atoms with Gasteiger partial charge >= 0.3 is 0 Å². The molecule has 0 unspecified atom stereocenters. The lowest BCUT2D eigenvalue weighted by atomic mass is 9.88. The number of aromatic nitrogens is 4. The van der Waals surface area contributed by atoms with Gasteiger partial charge in [-0.15, -0.1) is 0 Å². The molecule has 0 spiro atoms. The quantitative estimate of drug-likeness (QED) is 0.119. The summed E-state index contributed by atoms with van der Waals surface area (Å²) in [6.45, 7) is 6.54. The summed E-state index contributed by atoms with van der Waals surface area (Å²) in [5.74, 6) is 1.90. The van der Waals surface area contributed by atoms with Crippen molar-refractivity contribution in [2.75, 3.05) is 0 Å². The van der Waals surface area contributed by atoms with E-state index in [0.717, 1.165) is 33.2 Å². The summed E-state index contributed by atoms with van der Waals surface area (Å²) in [4.78, 5) is 4.82. The van der Waals surface area contributed by atoms with Gasteiger partial charge < -0.3 is 9.15 Å². The van der Waals surface area contributed by atoms with E-state index in [9.17, 15) is 0 Å². The summed E-state index contributed by atoms with van der Waals surface area (Å²) >= 11 is 0. The highest BCUT2D eigenvalue weighted by Crippen LogP contribution is 2.39. The number of hydrogen-bond acceptors (Lipinski definition) is 3. The second-order valence-electron chi connectivity index (χ2n) is 15.5. The number of benzene rings is 7. The van der Waals surface area contributed by atoms with Crippen LogP contribution in [0.25, 0.3) is 83.3 Å². The molecule has 0 amide bonds. The van der Waals surface area contributed by atoms with E-state index in [1.807, 2.05) is 72.9 Å². The zero-order valence-corrected chi connectivity index (χ0v) is 32.7. The first-order chi connectivity index (χ1) is 33.5. The van der Waals surface area contributed by atoms with E-state index in [4.69, 9.17) is 27.8 Å². The number of para-hydroxylation sites is 4. The average molecular weight is 787 g/mol. The maximum atomic E-state index is 9.02. The van der Waals surface area contributed by atoms with Crippen LogP contribution >= 0.6 is 0 Å². The van der Waals surface area contributed by atoms with Gasteiger partial charge in [0.05, 0.1) is 41.5 Å². The number of pyridine rings is 1. The lowest BCUT2D eigenvalue weighted by Crippen LogP contribution is -2.31. The van der Waals surface area contributed by atoms with Crippen LogP contribution in [-0.2, 0) is 5.41 Å². The average Bonchev–Trinajstić information content (AvgIpc) is 4.05. The van der Waals surface area contributed by atoms with Gasteiger partial charge in [0.1, 0.15) is 34.9 Å². The zero-order valence-electron chi connectivity index (χ0n) is 42.7. The Morgan fingerprint density at radius 1 is 0.650 bits per heavy atom. The first-order valence-corrected chi connectivity index (χ1v) is 19.5. The summed E-state index contributed by atoms with van der Waals surface area (Å²) in [5, 5.41) is 2.79. The molecule has 11 aromatic rings.